The van der Waals surface area contributed by atoms with Crippen LogP contribution in [0.1, 0.15) is 25.7 Å². The fourth-order valence-electron chi connectivity index (χ4n) is 2.11. The van der Waals surface area contributed by atoms with E-state index in [4.69, 9.17) is 0 Å². The lowest BCUT2D eigenvalue weighted by Crippen LogP contribution is -2.31. The zero-order valence-electron chi connectivity index (χ0n) is 11.8. The molecular weight excluding hydrogens is 321 g/mol. The number of alkyl halides is 3. The SMILES string of the molecule is O=S(=O)(CCC(F)(F)F)Nc1cnc(N2CCCCC2)nc1. The molecule has 0 unspecified atom stereocenters. The van der Waals surface area contributed by atoms with Crippen LogP contribution in [0.25, 0.3) is 0 Å². The molecule has 1 fully saturated rings. The van der Waals surface area contributed by atoms with Crippen molar-refractivity contribution < 1.29 is 21.6 Å². The van der Waals surface area contributed by atoms with E-state index in [1.807, 2.05) is 9.62 Å². The van der Waals surface area contributed by atoms with Crippen molar-refractivity contribution in [2.75, 3.05) is 28.5 Å². The minimum absolute atomic E-state index is 0.0583. The number of sulfonamides is 1. The van der Waals surface area contributed by atoms with E-state index in [0.29, 0.717) is 5.95 Å². The van der Waals surface area contributed by atoms with Crippen molar-refractivity contribution in [2.45, 2.75) is 31.9 Å². The first-order valence-electron chi connectivity index (χ1n) is 6.89. The molecule has 0 amide bonds. The summed E-state index contributed by atoms with van der Waals surface area (Å²) in [5.41, 5.74) is 0.0583. The number of nitrogens with zero attached hydrogens (tertiary/aromatic N) is 3. The maximum atomic E-state index is 12.1. The van der Waals surface area contributed by atoms with Gasteiger partial charge >= 0.3 is 6.18 Å². The minimum Gasteiger partial charge on any atom is -0.341 e. The Morgan fingerprint density at radius 1 is 1.14 bits per heavy atom. The van der Waals surface area contributed by atoms with Crippen LogP contribution in [0.2, 0.25) is 0 Å². The molecule has 22 heavy (non-hydrogen) atoms. The van der Waals surface area contributed by atoms with E-state index >= 15 is 0 Å². The van der Waals surface area contributed by atoms with Gasteiger partial charge in [-0.2, -0.15) is 13.2 Å². The van der Waals surface area contributed by atoms with E-state index in [1.54, 1.807) is 0 Å². The molecule has 10 heteroatoms. The molecule has 1 aliphatic heterocycles. The van der Waals surface area contributed by atoms with Crippen LogP contribution in [0, 0.1) is 0 Å². The van der Waals surface area contributed by atoms with Crippen LogP contribution in [0.3, 0.4) is 0 Å². The standard InChI is InChI=1S/C12H17F3N4O2S/c13-12(14,15)4-7-22(20,21)18-10-8-16-11(17-9-10)19-5-2-1-3-6-19/h8-9,18H,1-7H2. The van der Waals surface area contributed by atoms with Crippen molar-refractivity contribution in [2.24, 2.45) is 0 Å². The zero-order chi connectivity index (χ0) is 16.2. The fourth-order valence-corrected chi connectivity index (χ4v) is 3.18. The molecule has 0 saturated carbocycles. The van der Waals surface area contributed by atoms with Gasteiger partial charge in [0.25, 0.3) is 0 Å². The summed E-state index contributed by atoms with van der Waals surface area (Å²) in [4.78, 5) is 10.1. The number of piperidine rings is 1. The summed E-state index contributed by atoms with van der Waals surface area (Å²) in [7, 11) is -4.07. The summed E-state index contributed by atoms with van der Waals surface area (Å²) in [6.45, 7) is 1.69. The summed E-state index contributed by atoms with van der Waals surface area (Å²) in [6, 6.07) is 0. The monoisotopic (exact) mass is 338 g/mol. The third-order valence-electron chi connectivity index (χ3n) is 3.20. The van der Waals surface area contributed by atoms with Crippen LogP contribution >= 0.6 is 0 Å². The van der Waals surface area contributed by atoms with Crippen LogP contribution in [-0.4, -0.2) is 43.4 Å². The Balaban J connectivity index is 1.95. The van der Waals surface area contributed by atoms with Gasteiger partial charge in [-0.1, -0.05) is 0 Å². The number of hydrogen-bond donors (Lipinski definition) is 1. The number of nitrogens with one attached hydrogen (secondary N) is 1. The van der Waals surface area contributed by atoms with Gasteiger partial charge in [0.2, 0.25) is 16.0 Å². The predicted molar refractivity (Wildman–Crippen MR) is 76.2 cm³/mol. The van der Waals surface area contributed by atoms with Gasteiger partial charge in [0.15, 0.2) is 0 Å². The van der Waals surface area contributed by atoms with Crippen molar-refractivity contribution in [1.82, 2.24) is 9.97 Å². The van der Waals surface area contributed by atoms with Crippen molar-refractivity contribution >= 4 is 21.7 Å². The first kappa shape index (κ1) is 16.8. The Hall–Kier alpha value is -1.58. The van der Waals surface area contributed by atoms with E-state index in [9.17, 15) is 21.6 Å². The van der Waals surface area contributed by atoms with Crippen molar-refractivity contribution in [3.8, 4) is 0 Å². The van der Waals surface area contributed by atoms with E-state index in [1.165, 1.54) is 12.4 Å². The van der Waals surface area contributed by atoms with Crippen LogP contribution in [0.4, 0.5) is 24.8 Å². The Morgan fingerprint density at radius 2 is 1.73 bits per heavy atom. The summed E-state index contributed by atoms with van der Waals surface area (Å²) in [6.07, 6.45) is -0.111. The lowest BCUT2D eigenvalue weighted by molar-refractivity contribution is -0.129. The molecule has 0 atom stereocenters. The molecule has 0 spiro atoms. The second kappa shape index (κ2) is 6.67. The van der Waals surface area contributed by atoms with Gasteiger partial charge in [0.1, 0.15) is 0 Å². The Kier molecular flexibility index (Phi) is 5.09. The lowest BCUT2D eigenvalue weighted by atomic mass is 10.1. The fraction of sp³-hybridized carbons (Fsp3) is 0.667. The average molecular weight is 338 g/mol. The number of anilines is 2. The molecule has 0 bridgehead atoms. The highest BCUT2D eigenvalue weighted by Crippen LogP contribution is 2.21. The van der Waals surface area contributed by atoms with Crippen molar-refractivity contribution in [3.05, 3.63) is 12.4 Å². The second-order valence-corrected chi connectivity index (χ2v) is 6.95. The van der Waals surface area contributed by atoms with Crippen LogP contribution in [0.5, 0.6) is 0 Å². The molecule has 0 radical (unpaired) electrons. The van der Waals surface area contributed by atoms with E-state index in [-0.39, 0.29) is 5.69 Å². The first-order chi connectivity index (χ1) is 10.3. The molecule has 1 aromatic rings. The molecule has 1 saturated heterocycles. The van der Waals surface area contributed by atoms with Crippen LogP contribution < -0.4 is 9.62 Å². The molecule has 124 valence electrons. The van der Waals surface area contributed by atoms with Gasteiger partial charge in [-0.15, -0.1) is 0 Å². The normalized spacial score (nSPS) is 16.6. The van der Waals surface area contributed by atoms with Gasteiger partial charge in [-0.25, -0.2) is 18.4 Å². The third kappa shape index (κ3) is 5.32. The number of rotatable bonds is 5. The Bertz CT molecular complexity index is 583. The van der Waals surface area contributed by atoms with Crippen LogP contribution in [0.15, 0.2) is 12.4 Å². The van der Waals surface area contributed by atoms with Gasteiger partial charge < -0.3 is 4.90 Å². The van der Waals surface area contributed by atoms with Gasteiger partial charge in [0, 0.05) is 13.1 Å². The Labute approximate surface area is 126 Å². The molecule has 2 heterocycles. The third-order valence-corrected chi connectivity index (χ3v) is 4.49. The van der Waals surface area contributed by atoms with E-state index in [2.05, 4.69) is 9.97 Å². The smallest absolute Gasteiger partial charge is 0.341 e. The summed E-state index contributed by atoms with van der Waals surface area (Å²) < 4.78 is 61.3. The van der Waals surface area contributed by atoms with Gasteiger partial charge in [-0.05, 0) is 19.3 Å². The summed E-state index contributed by atoms with van der Waals surface area (Å²) in [5.74, 6) is -0.525. The molecule has 2 rings (SSSR count). The van der Waals surface area contributed by atoms with Gasteiger partial charge in [-0.3, -0.25) is 4.72 Å². The molecule has 1 aliphatic rings. The number of halogens is 3. The molecule has 1 aromatic heterocycles. The van der Waals surface area contributed by atoms with Crippen LogP contribution in [-0.2, 0) is 10.0 Å². The van der Waals surface area contributed by atoms with E-state index < -0.39 is 28.4 Å². The zero-order valence-corrected chi connectivity index (χ0v) is 12.6. The first-order valence-corrected chi connectivity index (χ1v) is 8.55. The van der Waals surface area contributed by atoms with Crippen molar-refractivity contribution in [1.29, 1.82) is 0 Å². The summed E-state index contributed by atoms with van der Waals surface area (Å²) >= 11 is 0. The van der Waals surface area contributed by atoms with E-state index in [0.717, 1.165) is 32.4 Å². The highest BCUT2D eigenvalue weighted by Gasteiger charge is 2.30. The minimum atomic E-state index is -4.51. The highest BCUT2D eigenvalue weighted by atomic mass is 32.2. The largest absolute Gasteiger partial charge is 0.390 e. The maximum absolute atomic E-state index is 12.1. The predicted octanol–water partition coefficient (Wildman–Crippen LogP) is 2.16. The average Bonchev–Trinajstić information content (AvgIpc) is 2.46. The maximum Gasteiger partial charge on any atom is 0.390 e. The molecule has 0 aromatic carbocycles. The summed E-state index contributed by atoms with van der Waals surface area (Å²) in [5, 5.41) is 0. The quantitative estimate of drug-likeness (QED) is 0.890. The second-order valence-electron chi connectivity index (χ2n) is 5.11. The molecule has 0 aliphatic carbocycles. The molecular formula is C12H17F3N4O2S. The lowest BCUT2D eigenvalue weighted by Gasteiger charge is -2.26. The Morgan fingerprint density at radius 3 is 2.27 bits per heavy atom. The molecule has 6 nitrogen and oxygen atoms in total. The topological polar surface area (TPSA) is 75.2 Å². The van der Waals surface area contributed by atoms with Gasteiger partial charge in [0.05, 0.1) is 30.3 Å². The number of aromatic nitrogens is 2. The highest BCUT2D eigenvalue weighted by molar-refractivity contribution is 7.92. The number of hydrogen-bond acceptors (Lipinski definition) is 5. The van der Waals surface area contributed by atoms with Crippen molar-refractivity contribution in [3.63, 3.8) is 0 Å². The molecule has 1 N–H and O–H groups in total.